The van der Waals surface area contributed by atoms with Crippen LogP contribution in [-0.4, -0.2) is 23.8 Å². The molecule has 1 aromatic rings. The molecule has 0 heterocycles. The van der Waals surface area contributed by atoms with Gasteiger partial charge in [0.25, 0.3) is 0 Å². The van der Waals surface area contributed by atoms with E-state index in [0.717, 1.165) is 5.56 Å². The van der Waals surface area contributed by atoms with Gasteiger partial charge >= 0.3 is 0 Å². The first kappa shape index (κ1) is 10.0. The molecule has 0 saturated heterocycles. The van der Waals surface area contributed by atoms with Crippen molar-refractivity contribution in [1.82, 2.24) is 5.32 Å². The van der Waals surface area contributed by atoms with Crippen LogP contribution in [0.4, 0.5) is 0 Å². The second-order valence-electron chi connectivity index (χ2n) is 3.14. The molecule has 72 valence electrons. The Balaban J connectivity index is 2.88. The largest absolute Gasteiger partial charge is 0.508 e. The maximum atomic E-state index is 9.57. The van der Waals surface area contributed by atoms with Gasteiger partial charge in [0.1, 0.15) is 5.75 Å². The summed E-state index contributed by atoms with van der Waals surface area (Å²) in [7, 11) is 1.76. The zero-order valence-electron chi connectivity index (χ0n) is 7.91. The highest BCUT2D eigenvalue weighted by Crippen LogP contribution is 2.24. The molecule has 1 unspecified atom stereocenters. The number of aryl methyl sites for hydroxylation is 1. The van der Waals surface area contributed by atoms with Crippen LogP contribution in [0.3, 0.4) is 0 Å². The van der Waals surface area contributed by atoms with Gasteiger partial charge in [-0.2, -0.15) is 0 Å². The van der Waals surface area contributed by atoms with Crippen LogP contribution in [0.1, 0.15) is 17.2 Å². The molecule has 0 amide bonds. The molecule has 0 aliphatic heterocycles. The van der Waals surface area contributed by atoms with E-state index in [9.17, 15) is 10.2 Å². The van der Waals surface area contributed by atoms with Crippen molar-refractivity contribution >= 4 is 0 Å². The topological polar surface area (TPSA) is 52.5 Å². The van der Waals surface area contributed by atoms with Crippen LogP contribution in [-0.2, 0) is 0 Å². The zero-order valence-corrected chi connectivity index (χ0v) is 7.91. The average molecular weight is 181 g/mol. The second-order valence-corrected chi connectivity index (χ2v) is 3.14. The van der Waals surface area contributed by atoms with E-state index in [1.165, 1.54) is 0 Å². The van der Waals surface area contributed by atoms with Gasteiger partial charge in [-0.25, -0.2) is 0 Å². The van der Waals surface area contributed by atoms with E-state index >= 15 is 0 Å². The third-order valence-electron chi connectivity index (χ3n) is 1.94. The van der Waals surface area contributed by atoms with Crippen molar-refractivity contribution in [2.75, 3.05) is 13.6 Å². The Morgan fingerprint density at radius 1 is 1.46 bits per heavy atom. The Kier molecular flexibility index (Phi) is 3.28. The van der Waals surface area contributed by atoms with Gasteiger partial charge in [0.15, 0.2) is 0 Å². The molecule has 1 rings (SSSR count). The molecule has 0 radical (unpaired) electrons. The molecule has 0 aliphatic rings. The minimum Gasteiger partial charge on any atom is -0.508 e. The predicted octanol–water partition coefficient (Wildman–Crippen LogP) is 0.953. The summed E-state index contributed by atoms with van der Waals surface area (Å²) in [4.78, 5) is 0. The Morgan fingerprint density at radius 2 is 2.15 bits per heavy atom. The van der Waals surface area contributed by atoms with Gasteiger partial charge in [-0.15, -0.1) is 0 Å². The Labute approximate surface area is 78.0 Å². The quantitative estimate of drug-likeness (QED) is 0.651. The third kappa shape index (κ3) is 2.44. The van der Waals surface area contributed by atoms with E-state index in [2.05, 4.69) is 5.32 Å². The number of nitrogens with one attached hydrogen (secondary N) is 1. The van der Waals surface area contributed by atoms with Crippen molar-refractivity contribution in [3.63, 3.8) is 0 Å². The summed E-state index contributed by atoms with van der Waals surface area (Å²) in [6.45, 7) is 2.34. The summed E-state index contributed by atoms with van der Waals surface area (Å²) in [5.74, 6) is 0.155. The number of aliphatic hydroxyl groups excluding tert-OH is 1. The van der Waals surface area contributed by atoms with E-state index in [1.807, 2.05) is 13.0 Å². The van der Waals surface area contributed by atoms with Gasteiger partial charge in [0, 0.05) is 12.1 Å². The van der Waals surface area contributed by atoms with E-state index in [4.69, 9.17) is 0 Å². The minimum atomic E-state index is -0.648. The fraction of sp³-hybridized carbons (Fsp3) is 0.400. The number of phenolic OH excluding ortho intramolecular Hbond substituents is 1. The number of benzene rings is 1. The molecule has 3 heteroatoms. The van der Waals surface area contributed by atoms with Crippen LogP contribution >= 0.6 is 0 Å². The van der Waals surface area contributed by atoms with Crippen molar-refractivity contribution in [3.05, 3.63) is 29.3 Å². The van der Waals surface area contributed by atoms with Crippen LogP contribution in [0, 0.1) is 6.92 Å². The van der Waals surface area contributed by atoms with Gasteiger partial charge in [0.05, 0.1) is 6.10 Å². The van der Waals surface area contributed by atoms with Gasteiger partial charge in [-0.3, -0.25) is 0 Å². The smallest absolute Gasteiger partial charge is 0.121 e. The number of rotatable bonds is 3. The molecule has 0 aromatic heterocycles. The lowest BCUT2D eigenvalue weighted by atomic mass is 10.1. The van der Waals surface area contributed by atoms with Crippen LogP contribution < -0.4 is 5.32 Å². The van der Waals surface area contributed by atoms with Gasteiger partial charge in [-0.1, -0.05) is 12.1 Å². The summed E-state index contributed by atoms with van der Waals surface area (Å²) in [5.41, 5.74) is 1.55. The number of phenols is 1. The van der Waals surface area contributed by atoms with Crippen molar-refractivity contribution in [1.29, 1.82) is 0 Å². The standard InChI is InChI=1S/C10H15NO2/c1-7-3-4-8(9(12)5-7)10(13)6-11-2/h3-5,10-13H,6H2,1-2H3. The van der Waals surface area contributed by atoms with Gasteiger partial charge < -0.3 is 15.5 Å². The van der Waals surface area contributed by atoms with Gasteiger partial charge in [0.2, 0.25) is 0 Å². The average Bonchev–Trinajstić information content (AvgIpc) is 2.04. The number of likely N-dealkylation sites (N-methyl/N-ethyl adjacent to an activating group) is 1. The summed E-state index contributed by atoms with van der Waals surface area (Å²) in [6.07, 6.45) is -0.648. The van der Waals surface area contributed by atoms with Gasteiger partial charge in [-0.05, 0) is 25.6 Å². The van der Waals surface area contributed by atoms with Crippen molar-refractivity contribution < 1.29 is 10.2 Å². The summed E-state index contributed by atoms with van der Waals surface area (Å²) in [6, 6.07) is 5.26. The number of aromatic hydroxyl groups is 1. The highest BCUT2D eigenvalue weighted by Gasteiger charge is 2.10. The molecule has 0 spiro atoms. The fourth-order valence-electron chi connectivity index (χ4n) is 1.24. The van der Waals surface area contributed by atoms with Crippen LogP contribution in [0.5, 0.6) is 5.75 Å². The lowest BCUT2D eigenvalue weighted by Gasteiger charge is -2.12. The summed E-state index contributed by atoms with van der Waals surface area (Å²) in [5, 5.41) is 21.9. The first-order valence-electron chi connectivity index (χ1n) is 4.27. The minimum absolute atomic E-state index is 0.155. The first-order chi connectivity index (χ1) is 6.15. The SMILES string of the molecule is CNCC(O)c1ccc(C)cc1O. The Hall–Kier alpha value is -1.06. The predicted molar refractivity (Wildman–Crippen MR) is 51.7 cm³/mol. The fourth-order valence-corrected chi connectivity index (χ4v) is 1.24. The van der Waals surface area contributed by atoms with Crippen molar-refractivity contribution in [3.8, 4) is 5.75 Å². The molecule has 1 atom stereocenters. The summed E-state index contributed by atoms with van der Waals surface area (Å²) < 4.78 is 0. The monoisotopic (exact) mass is 181 g/mol. The first-order valence-corrected chi connectivity index (χ1v) is 4.27. The highest BCUT2D eigenvalue weighted by molar-refractivity contribution is 5.37. The Bertz CT molecular complexity index is 286. The van der Waals surface area contributed by atoms with E-state index in [-0.39, 0.29) is 5.75 Å². The maximum Gasteiger partial charge on any atom is 0.121 e. The highest BCUT2D eigenvalue weighted by atomic mass is 16.3. The van der Waals surface area contributed by atoms with E-state index in [0.29, 0.717) is 12.1 Å². The number of hydrogen-bond donors (Lipinski definition) is 3. The lowest BCUT2D eigenvalue weighted by Crippen LogP contribution is -2.16. The summed E-state index contributed by atoms with van der Waals surface area (Å²) >= 11 is 0. The Morgan fingerprint density at radius 3 is 2.69 bits per heavy atom. The molecule has 1 aromatic carbocycles. The molecule has 3 nitrogen and oxygen atoms in total. The zero-order chi connectivity index (χ0) is 9.84. The number of aliphatic hydroxyl groups is 1. The van der Waals surface area contributed by atoms with Crippen molar-refractivity contribution in [2.45, 2.75) is 13.0 Å². The molecule has 0 aliphatic carbocycles. The molecule has 0 fully saturated rings. The maximum absolute atomic E-state index is 9.57. The normalized spacial score (nSPS) is 12.8. The van der Waals surface area contributed by atoms with E-state index in [1.54, 1.807) is 19.2 Å². The number of hydrogen-bond acceptors (Lipinski definition) is 3. The molecular formula is C10H15NO2. The van der Waals surface area contributed by atoms with Crippen molar-refractivity contribution in [2.24, 2.45) is 0 Å². The lowest BCUT2D eigenvalue weighted by molar-refractivity contribution is 0.174. The van der Waals surface area contributed by atoms with Crippen LogP contribution in [0.25, 0.3) is 0 Å². The van der Waals surface area contributed by atoms with Crippen LogP contribution in [0.15, 0.2) is 18.2 Å². The molecule has 3 N–H and O–H groups in total. The van der Waals surface area contributed by atoms with Crippen LogP contribution in [0.2, 0.25) is 0 Å². The second kappa shape index (κ2) is 4.25. The van der Waals surface area contributed by atoms with E-state index < -0.39 is 6.10 Å². The third-order valence-corrected chi connectivity index (χ3v) is 1.94. The molecule has 0 bridgehead atoms. The molecule has 13 heavy (non-hydrogen) atoms. The molecular weight excluding hydrogens is 166 g/mol. The molecule has 0 saturated carbocycles.